The Kier molecular flexibility index (Phi) is 8.58. The van der Waals surface area contributed by atoms with Gasteiger partial charge in [0.05, 0.1) is 22.2 Å². The maximum atomic E-state index is 3.91. The van der Waals surface area contributed by atoms with Crippen LogP contribution >= 0.6 is 0 Å². The fourth-order valence-corrected chi connectivity index (χ4v) is 12.1. The molecular formula is C63H46N2. The van der Waals surface area contributed by atoms with Crippen LogP contribution in [0.15, 0.2) is 249 Å². The molecule has 0 spiro atoms. The van der Waals surface area contributed by atoms with Gasteiger partial charge in [-0.3, -0.25) is 0 Å². The predicted molar refractivity (Wildman–Crippen MR) is 269 cm³/mol. The van der Waals surface area contributed by atoms with Gasteiger partial charge in [0.1, 0.15) is 6.17 Å². The molecule has 9 aromatic rings. The molecular weight excluding hydrogens is 785 g/mol. The van der Waals surface area contributed by atoms with Crippen LogP contribution in [-0.2, 0) is 10.8 Å². The summed E-state index contributed by atoms with van der Waals surface area (Å²) in [5.74, 6) is 0.272. The highest BCUT2D eigenvalue weighted by atomic mass is 15.3. The molecule has 0 aromatic heterocycles. The zero-order chi connectivity index (χ0) is 43.0. The lowest BCUT2D eigenvalue weighted by Gasteiger charge is -2.49. The number of benzene rings is 9. The topological polar surface area (TPSA) is 15.3 Å². The molecule has 9 aromatic carbocycles. The fourth-order valence-electron chi connectivity index (χ4n) is 12.1. The van der Waals surface area contributed by atoms with Gasteiger partial charge in [-0.1, -0.05) is 224 Å². The standard InChI is InChI=1S/C63H46N2/c1-4-17-43(18-5-1)46-37-41-51(42-38-46)65-59-30-15-14-29-58(59)64-61(65)47-33-31-44(32-34-47)45-35-39-50(40-36-45)62(48-19-6-2-7-20-48)55-26-12-13-27-56(55)63(49-21-8-3-9-22-49)54-25-11-10-23-52(54)53-24-16-28-57(62)60(53)63/h1-33,35-42,47,61,64H,34H2. The molecule has 4 atom stereocenters. The Bertz CT molecular complexity index is 3310. The summed E-state index contributed by atoms with van der Waals surface area (Å²) in [4.78, 5) is 2.49. The third kappa shape index (κ3) is 5.47. The highest BCUT2D eigenvalue weighted by Gasteiger charge is 2.57. The Morgan fingerprint density at radius 3 is 1.66 bits per heavy atom. The van der Waals surface area contributed by atoms with E-state index in [-0.39, 0.29) is 12.1 Å². The van der Waals surface area contributed by atoms with E-state index in [1.165, 1.54) is 95.0 Å². The van der Waals surface area contributed by atoms with Gasteiger partial charge in [0.2, 0.25) is 0 Å². The van der Waals surface area contributed by atoms with Gasteiger partial charge >= 0.3 is 0 Å². The molecule has 2 nitrogen and oxygen atoms in total. The molecule has 0 amide bonds. The van der Waals surface area contributed by atoms with Crippen LogP contribution in [0.1, 0.15) is 56.5 Å². The molecule has 1 N–H and O–H groups in total. The highest BCUT2D eigenvalue weighted by Crippen LogP contribution is 2.65. The summed E-state index contributed by atoms with van der Waals surface area (Å²) in [7, 11) is 0. The van der Waals surface area contributed by atoms with Crippen molar-refractivity contribution >= 4 is 22.6 Å². The van der Waals surface area contributed by atoms with Crippen molar-refractivity contribution in [2.75, 3.05) is 10.2 Å². The molecule has 0 fully saturated rings. The van der Waals surface area contributed by atoms with Gasteiger partial charge in [0.15, 0.2) is 0 Å². The molecule has 0 saturated carbocycles. The summed E-state index contributed by atoms with van der Waals surface area (Å²) in [6.07, 6.45) is 8.24. The van der Waals surface area contributed by atoms with Crippen molar-refractivity contribution in [1.82, 2.24) is 0 Å². The first kappa shape index (κ1) is 37.6. The van der Waals surface area contributed by atoms with E-state index in [0.717, 1.165) is 6.42 Å². The zero-order valence-electron chi connectivity index (χ0n) is 36.0. The predicted octanol–water partition coefficient (Wildman–Crippen LogP) is 15.0. The molecule has 4 aliphatic rings. The number of hydrogen-bond donors (Lipinski definition) is 1. The Balaban J connectivity index is 0.888. The molecule has 1 aliphatic heterocycles. The lowest BCUT2D eigenvalue weighted by molar-refractivity contribution is 0.553. The van der Waals surface area contributed by atoms with E-state index in [1.807, 2.05) is 0 Å². The van der Waals surface area contributed by atoms with Crippen LogP contribution in [-0.4, -0.2) is 6.17 Å². The first-order valence-electron chi connectivity index (χ1n) is 23.0. The molecule has 65 heavy (non-hydrogen) atoms. The van der Waals surface area contributed by atoms with E-state index in [2.05, 4.69) is 259 Å². The number of para-hydroxylation sites is 2. The molecule has 3 aliphatic carbocycles. The Morgan fingerprint density at radius 1 is 0.415 bits per heavy atom. The number of nitrogens with one attached hydrogen (secondary N) is 1. The van der Waals surface area contributed by atoms with Crippen LogP contribution in [0.4, 0.5) is 17.1 Å². The highest BCUT2D eigenvalue weighted by molar-refractivity contribution is 5.92. The van der Waals surface area contributed by atoms with E-state index in [9.17, 15) is 0 Å². The van der Waals surface area contributed by atoms with E-state index in [4.69, 9.17) is 0 Å². The van der Waals surface area contributed by atoms with Gasteiger partial charge in [-0.15, -0.1) is 0 Å². The summed E-state index contributed by atoms with van der Waals surface area (Å²) < 4.78 is 0. The Hall–Kier alpha value is -7.94. The minimum Gasteiger partial charge on any atom is -0.363 e. The molecule has 0 saturated heterocycles. The van der Waals surface area contributed by atoms with Crippen molar-refractivity contribution in [2.24, 2.45) is 5.92 Å². The Labute approximate surface area is 381 Å². The summed E-state index contributed by atoms with van der Waals surface area (Å²) in [5.41, 5.74) is 20.8. The monoisotopic (exact) mass is 830 g/mol. The van der Waals surface area contributed by atoms with E-state index in [1.54, 1.807) is 0 Å². The van der Waals surface area contributed by atoms with Gasteiger partial charge in [-0.2, -0.15) is 0 Å². The van der Waals surface area contributed by atoms with Crippen molar-refractivity contribution < 1.29 is 0 Å². The largest absolute Gasteiger partial charge is 0.363 e. The SMILES string of the molecule is C1=CC(C2Nc3ccccc3N2c2ccc(-c3ccccc3)cc2)CC=C1c1ccc(C2(c3ccccc3)c3ccccc3C3(c4ccccc4)c4ccccc4-c4cccc2c43)cc1. The van der Waals surface area contributed by atoms with Crippen LogP contribution in [0.2, 0.25) is 0 Å². The average Bonchev–Trinajstić information content (AvgIpc) is 3.93. The lowest BCUT2D eigenvalue weighted by atomic mass is 9.51. The molecule has 0 bridgehead atoms. The summed E-state index contributed by atoms with van der Waals surface area (Å²) in [6, 6.07) is 85.8. The van der Waals surface area contributed by atoms with Crippen molar-refractivity contribution in [3.8, 4) is 22.3 Å². The number of anilines is 3. The normalized spacial score (nSPS) is 20.8. The Morgan fingerprint density at radius 2 is 0.954 bits per heavy atom. The second-order valence-electron chi connectivity index (χ2n) is 17.9. The van der Waals surface area contributed by atoms with Crippen LogP contribution in [0.25, 0.3) is 27.8 Å². The summed E-state index contributed by atoms with van der Waals surface area (Å²) >= 11 is 0. The summed E-state index contributed by atoms with van der Waals surface area (Å²) in [5, 5.41) is 3.91. The number of fused-ring (bicyclic) bond motifs is 6. The molecule has 0 radical (unpaired) electrons. The fraction of sp³-hybridized carbons (Fsp3) is 0.0794. The molecule has 13 rings (SSSR count). The van der Waals surface area contributed by atoms with Gasteiger partial charge in [0, 0.05) is 11.6 Å². The zero-order valence-corrected chi connectivity index (χ0v) is 36.0. The van der Waals surface area contributed by atoms with Gasteiger partial charge in [0.25, 0.3) is 0 Å². The minimum absolute atomic E-state index is 0.0882. The van der Waals surface area contributed by atoms with E-state index in [0.29, 0.717) is 0 Å². The van der Waals surface area contributed by atoms with Crippen LogP contribution < -0.4 is 10.2 Å². The second kappa shape index (κ2) is 14.8. The lowest BCUT2D eigenvalue weighted by Crippen LogP contribution is -2.44. The maximum absolute atomic E-state index is 3.91. The molecule has 1 heterocycles. The van der Waals surface area contributed by atoms with Crippen LogP contribution in [0.3, 0.4) is 0 Å². The van der Waals surface area contributed by atoms with Crippen LogP contribution in [0.5, 0.6) is 0 Å². The second-order valence-corrected chi connectivity index (χ2v) is 17.9. The first-order chi connectivity index (χ1) is 32.2. The number of allylic oxidation sites excluding steroid dienone is 3. The van der Waals surface area contributed by atoms with Crippen LogP contribution in [0, 0.1) is 5.92 Å². The average molecular weight is 831 g/mol. The first-order valence-corrected chi connectivity index (χ1v) is 23.0. The number of hydrogen-bond acceptors (Lipinski definition) is 2. The number of nitrogens with zero attached hydrogens (tertiary/aromatic N) is 1. The third-order valence-electron chi connectivity index (χ3n) is 14.8. The van der Waals surface area contributed by atoms with E-state index < -0.39 is 10.8 Å². The quantitative estimate of drug-likeness (QED) is 0.172. The van der Waals surface area contributed by atoms with E-state index >= 15 is 0 Å². The molecule has 4 unspecified atom stereocenters. The minimum atomic E-state index is -0.560. The smallest absolute Gasteiger partial charge is 0.111 e. The molecule has 308 valence electrons. The van der Waals surface area contributed by atoms with Crippen molar-refractivity contribution in [2.45, 2.75) is 23.4 Å². The summed E-state index contributed by atoms with van der Waals surface area (Å²) in [6.45, 7) is 0. The van der Waals surface area contributed by atoms with Gasteiger partial charge < -0.3 is 10.2 Å². The maximum Gasteiger partial charge on any atom is 0.111 e. The van der Waals surface area contributed by atoms with Crippen molar-refractivity contribution in [1.29, 1.82) is 0 Å². The van der Waals surface area contributed by atoms with Crippen molar-refractivity contribution in [3.05, 3.63) is 299 Å². The third-order valence-corrected chi connectivity index (χ3v) is 14.8. The number of rotatable bonds is 7. The van der Waals surface area contributed by atoms with Gasteiger partial charge in [-0.05, 0) is 109 Å². The molecule has 2 heteroatoms. The van der Waals surface area contributed by atoms with Gasteiger partial charge in [-0.25, -0.2) is 0 Å². The van der Waals surface area contributed by atoms with Crippen molar-refractivity contribution in [3.63, 3.8) is 0 Å².